The summed E-state index contributed by atoms with van der Waals surface area (Å²) in [5, 5.41) is 0. The van der Waals surface area contributed by atoms with Gasteiger partial charge in [0.2, 0.25) is 0 Å². The van der Waals surface area contributed by atoms with Crippen molar-refractivity contribution < 1.29 is 9.13 Å². The van der Waals surface area contributed by atoms with Gasteiger partial charge in [-0.2, -0.15) is 0 Å². The summed E-state index contributed by atoms with van der Waals surface area (Å²) < 4.78 is 18.3. The molecule has 0 atom stereocenters. The largest absolute Gasteiger partial charge is 0.497 e. The molecular weight excluding hydrogens is 167 g/mol. The fourth-order valence-corrected chi connectivity index (χ4v) is 1.60. The summed E-state index contributed by atoms with van der Waals surface area (Å²) in [4.78, 5) is 0. The zero-order valence-electron chi connectivity index (χ0n) is 7.51. The molecule has 0 amide bonds. The maximum Gasteiger partial charge on any atom is 0.126 e. The lowest BCUT2D eigenvalue weighted by molar-refractivity contribution is 0.414. The van der Waals surface area contributed by atoms with Crippen LogP contribution in [0.1, 0.15) is 17.5 Å². The quantitative estimate of drug-likeness (QED) is 0.642. The van der Waals surface area contributed by atoms with Crippen molar-refractivity contribution in [1.82, 2.24) is 0 Å². The van der Waals surface area contributed by atoms with E-state index in [1.54, 1.807) is 25.3 Å². The third-order valence-corrected chi connectivity index (χ3v) is 2.31. The second-order valence-electron chi connectivity index (χ2n) is 3.11. The van der Waals surface area contributed by atoms with E-state index in [0.717, 1.165) is 24.2 Å². The van der Waals surface area contributed by atoms with Crippen molar-refractivity contribution in [3.63, 3.8) is 0 Å². The predicted octanol–water partition coefficient (Wildman–Crippen LogP) is 2.95. The molecule has 0 saturated carbocycles. The first-order chi connectivity index (χ1) is 6.31. The first kappa shape index (κ1) is 8.30. The molecular formula is C11H11FO. The maximum absolute atomic E-state index is 13.2. The molecule has 0 aliphatic heterocycles. The Labute approximate surface area is 76.8 Å². The van der Waals surface area contributed by atoms with Gasteiger partial charge in [-0.25, -0.2) is 4.39 Å². The standard InChI is InChI=1S/C11H11FO/c1-13-9-5-6-10-8(7-9)3-2-4-11(10)12/h4-7H,2-3H2,1H3. The summed E-state index contributed by atoms with van der Waals surface area (Å²) >= 11 is 0. The molecule has 0 N–H and O–H groups in total. The van der Waals surface area contributed by atoms with Crippen LogP contribution in [-0.2, 0) is 6.42 Å². The Morgan fingerprint density at radius 2 is 2.23 bits per heavy atom. The number of halogens is 1. The van der Waals surface area contributed by atoms with E-state index in [4.69, 9.17) is 4.74 Å². The first-order valence-corrected chi connectivity index (χ1v) is 4.34. The normalized spacial score (nSPS) is 14.8. The van der Waals surface area contributed by atoms with Gasteiger partial charge in [-0.05, 0) is 42.7 Å². The van der Waals surface area contributed by atoms with Crippen LogP contribution in [0.2, 0.25) is 0 Å². The number of hydrogen-bond donors (Lipinski definition) is 0. The SMILES string of the molecule is COc1ccc2c(c1)CCC=C2F. The number of rotatable bonds is 1. The zero-order valence-corrected chi connectivity index (χ0v) is 7.51. The highest BCUT2D eigenvalue weighted by atomic mass is 19.1. The highest BCUT2D eigenvalue weighted by Gasteiger charge is 2.12. The third kappa shape index (κ3) is 1.44. The molecule has 1 nitrogen and oxygen atoms in total. The van der Waals surface area contributed by atoms with E-state index in [-0.39, 0.29) is 5.83 Å². The van der Waals surface area contributed by atoms with Crippen LogP contribution >= 0.6 is 0 Å². The molecule has 2 rings (SSSR count). The highest BCUT2D eigenvalue weighted by molar-refractivity contribution is 5.65. The molecule has 0 radical (unpaired) electrons. The van der Waals surface area contributed by atoms with E-state index in [2.05, 4.69) is 0 Å². The number of ether oxygens (including phenoxy) is 1. The Hall–Kier alpha value is -1.31. The van der Waals surface area contributed by atoms with E-state index < -0.39 is 0 Å². The van der Waals surface area contributed by atoms with Crippen LogP contribution in [0.5, 0.6) is 5.75 Å². The first-order valence-electron chi connectivity index (χ1n) is 4.34. The Bertz CT molecular complexity index is 355. The van der Waals surface area contributed by atoms with Crippen LogP contribution in [0.15, 0.2) is 24.3 Å². The second kappa shape index (κ2) is 3.21. The van der Waals surface area contributed by atoms with E-state index in [1.165, 1.54) is 0 Å². The number of aryl methyl sites for hydroxylation is 1. The number of methoxy groups -OCH3 is 1. The Balaban J connectivity index is 2.48. The molecule has 68 valence electrons. The van der Waals surface area contributed by atoms with Gasteiger partial charge in [-0.15, -0.1) is 0 Å². The molecule has 0 bridgehead atoms. The highest BCUT2D eigenvalue weighted by Crippen LogP contribution is 2.29. The van der Waals surface area contributed by atoms with Gasteiger partial charge in [0.25, 0.3) is 0 Å². The minimum atomic E-state index is -0.107. The van der Waals surface area contributed by atoms with Crippen molar-refractivity contribution in [2.75, 3.05) is 7.11 Å². The van der Waals surface area contributed by atoms with Crippen molar-refractivity contribution in [2.24, 2.45) is 0 Å². The molecule has 0 unspecified atom stereocenters. The number of fused-ring (bicyclic) bond motifs is 1. The lowest BCUT2D eigenvalue weighted by atomic mass is 9.96. The molecule has 0 fully saturated rings. The Morgan fingerprint density at radius 3 is 3.00 bits per heavy atom. The van der Waals surface area contributed by atoms with Crippen LogP contribution in [0.25, 0.3) is 5.83 Å². The van der Waals surface area contributed by atoms with Gasteiger partial charge in [0.15, 0.2) is 0 Å². The monoisotopic (exact) mass is 178 g/mol. The maximum atomic E-state index is 13.2. The smallest absolute Gasteiger partial charge is 0.126 e. The van der Waals surface area contributed by atoms with Crippen LogP contribution in [0.3, 0.4) is 0 Å². The molecule has 0 spiro atoms. The van der Waals surface area contributed by atoms with Gasteiger partial charge in [-0.1, -0.05) is 0 Å². The van der Waals surface area contributed by atoms with Gasteiger partial charge in [0, 0.05) is 5.56 Å². The number of benzene rings is 1. The van der Waals surface area contributed by atoms with Crippen LogP contribution < -0.4 is 4.74 Å². The van der Waals surface area contributed by atoms with Crippen molar-refractivity contribution in [3.8, 4) is 5.75 Å². The lowest BCUT2D eigenvalue weighted by Gasteiger charge is -2.13. The summed E-state index contributed by atoms with van der Waals surface area (Å²) in [6.45, 7) is 0. The molecule has 1 aliphatic carbocycles. The van der Waals surface area contributed by atoms with Gasteiger partial charge < -0.3 is 4.74 Å². The van der Waals surface area contributed by atoms with Gasteiger partial charge in [0.05, 0.1) is 7.11 Å². The van der Waals surface area contributed by atoms with Crippen molar-refractivity contribution in [2.45, 2.75) is 12.8 Å². The van der Waals surface area contributed by atoms with Crippen molar-refractivity contribution in [3.05, 3.63) is 35.4 Å². The molecule has 1 aliphatic rings. The van der Waals surface area contributed by atoms with Crippen LogP contribution in [-0.4, -0.2) is 7.11 Å². The zero-order chi connectivity index (χ0) is 9.26. The predicted molar refractivity (Wildman–Crippen MR) is 50.4 cm³/mol. The summed E-state index contributed by atoms with van der Waals surface area (Å²) in [6, 6.07) is 5.47. The van der Waals surface area contributed by atoms with Gasteiger partial charge in [-0.3, -0.25) is 0 Å². The molecule has 0 aromatic heterocycles. The second-order valence-corrected chi connectivity index (χ2v) is 3.11. The van der Waals surface area contributed by atoms with Crippen molar-refractivity contribution >= 4 is 5.83 Å². The lowest BCUT2D eigenvalue weighted by Crippen LogP contribution is -1.97. The van der Waals surface area contributed by atoms with E-state index in [0.29, 0.717) is 5.56 Å². The molecule has 1 aromatic rings. The summed E-state index contributed by atoms with van der Waals surface area (Å²) in [6.07, 6.45) is 3.32. The topological polar surface area (TPSA) is 9.23 Å². The summed E-state index contributed by atoms with van der Waals surface area (Å²) in [5.74, 6) is 0.692. The van der Waals surface area contributed by atoms with E-state index in [9.17, 15) is 4.39 Å². The molecule has 1 aromatic carbocycles. The minimum absolute atomic E-state index is 0.107. The molecule has 0 saturated heterocycles. The van der Waals surface area contributed by atoms with E-state index >= 15 is 0 Å². The number of hydrogen-bond acceptors (Lipinski definition) is 1. The van der Waals surface area contributed by atoms with Crippen LogP contribution in [0, 0.1) is 0 Å². The molecule has 0 heterocycles. The Kier molecular flexibility index (Phi) is 2.05. The fourth-order valence-electron chi connectivity index (χ4n) is 1.60. The van der Waals surface area contributed by atoms with E-state index in [1.807, 2.05) is 6.07 Å². The van der Waals surface area contributed by atoms with Crippen molar-refractivity contribution in [1.29, 1.82) is 0 Å². The van der Waals surface area contributed by atoms with Crippen LogP contribution in [0.4, 0.5) is 4.39 Å². The third-order valence-electron chi connectivity index (χ3n) is 2.31. The molecule has 2 heteroatoms. The number of allylic oxidation sites excluding steroid dienone is 1. The molecule has 13 heavy (non-hydrogen) atoms. The van der Waals surface area contributed by atoms with Gasteiger partial charge >= 0.3 is 0 Å². The Morgan fingerprint density at radius 1 is 1.38 bits per heavy atom. The average Bonchev–Trinajstić information content (AvgIpc) is 2.18. The summed E-state index contributed by atoms with van der Waals surface area (Å²) in [5.41, 5.74) is 1.76. The summed E-state index contributed by atoms with van der Waals surface area (Å²) in [7, 11) is 1.62. The average molecular weight is 178 g/mol. The van der Waals surface area contributed by atoms with Gasteiger partial charge in [0.1, 0.15) is 11.6 Å². The minimum Gasteiger partial charge on any atom is -0.497 e. The fraction of sp³-hybridized carbons (Fsp3) is 0.273.